The van der Waals surface area contributed by atoms with Crippen molar-refractivity contribution in [2.45, 2.75) is 150 Å². The average Bonchev–Trinajstić information content (AvgIpc) is 1.55. The second-order valence-electron chi connectivity index (χ2n) is 26.0. The monoisotopic (exact) mass is 1170 g/mol. The molecule has 9 atom stereocenters. The van der Waals surface area contributed by atoms with Crippen LogP contribution in [-0.4, -0.2) is 145 Å². The lowest BCUT2D eigenvalue weighted by molar-refractivity contribution is -0.228. The zero-order valence-electron chi connectivity index (χ0n) is 50.6. The summed E-state index contributed by atoms with van der Waals surface area (Å²) in [6.45, 7) is 20.4. The van der Waals surface area contributed by atoms with E-state index in [1.807, 2.05) is 87.3 Å². The molecule has 1 saturated heterocycles. The van der Waals surface area contributed by atoms with Crippen LogP contribution in [0.25, 0.3) is 10.9 Å². The number of ether oxygens (including phenoxy) is 4. The summed E-state index contributed by atoms with van der Waals surface area (Å²) in [5.41, 5.74) is -1.02. The maximum atomic E-state index is 16.3. The number of benzene rings is 4. The molecule has 5 aromatic rings. The molecule has 1 saturated carbocycles. The molecule has 0 unspecified atom stereocenters. The van der Waals surface area contributed by atoms with Crippen molar-refractivity contribution in [2.24, 2.45) is 11.3 Å². The van der Waals surface area contributed by atoms with E-state index in [4.69, 9.17) is 27.6 Å². The summed E-state index contributed by atoms with van der Waals surface area (Å²) in [5, 5.41) is 14.4. The topological polar surface area (TPSA) is 186 Å². The van der Waals surface area contributed by atoms with E-state index in [9.17, 15) is 23.1 Å². The van der Waals surface area contributed by atoms with Crippen LogP contribution in [0.3, 0.4) is 0 Å². The fourth-order valence-electron chi connectivity index (χ4n) is 15.6. The third kappa shape index (κ3) is 9.85. The van der Waals surface area contributed by atoms with Crippen LogP contribution in [0.15, 0.2) is 108 Å². The van der Waals surface area contributed by atoms with Gasteiger partial charge in [-0.15, -0.1) is 0 Å². The maximum Gasteiger partial charge on any atom is 0.344 e. The number of H-pyrrole nitrogens is 1. The number of rotatable bonds is 16. The number of anilines is 1. The van der Waals surface area contributed by atoms with Crippen molar-refractivity contribution < 1.29 is 55.5 Å². The number of aromatic amines is 1. The van der Waals surface area contributed by atoms with Gasteiger partial charge in [-0.25, -0.2) is 4.79 Å². The van der Waals surface area contributed by atoms with E-state index in [2.05, 4.69) is 72.9 Å². The molecule has 0 amide bonds. The highest BCUT2D eigenvalue weighted by Gasteiger charge is 2.80. The number of aromatic nitrogens is 1. The molecule has 18 heteroatoms. The number of carbonyl (C=O) groups excluding carboxylic acids is 3. The molecule has 1 spiro atoms. The molecular weight excluding hydrogens is 1090 g/mol. The minimum absolute atomic E-state index is 0.0389. The minimum atomic E-state index is -4.28. The van der Waals surface area contributed by atoms with Crippen molar-refractivity contribution in [3.8, 4) is 5.75 Å². The fraction of sp³-hybridized carbons (Fsp3) is 0.523. The number of likely N-dealkylation sites (N-methyl/N-ethyl adjacent to an activating group) is 1. The van der Waals surface area contributed by atoms with Crippen LogP contribution < -0.4 is 9.64 Å². The lowest BCUT2D eigenvalue weighted by Gasteiger charge is -2.63. The number of nitrogens with one attached hydrogen (secondary N) is 1. The number of carbonyl (C=O) groups is 3. The van der Waals surface area contributed by atoms with Gasteiger partial charge in [-0.2, -0.15) is 8.42 Å². The Kier molecular flexibility index (Phi) is 15.9. The molecule has 4 aliphatic heterocycles. The Labute approximate surface area is 491 Å². The smallest absolute Gasteiger partial charge is 0.344 e. The predicted molar refractivity (Wildman–Crippen MR) is 321 cm³/mol. The Bertz CT molecular complexity index is 3440. The predicted octanol–water partition coefficient (Wildman–Crippen LogP) is 9.53. The lowest BCUT2D eigenvalue weighted by atomic mass is 9.47. The summed E-state index contributed by atoms with van der Waals surface area (Å²) in [7, 11) is -0.932. The van der Waals surface area contributed by atoms with E-state index in [1.54, 1.807) is 31.4 Å². The second kappa shape index (κ2) is 21.9. The normalized spacial score (nSPS) is 28.0. The lowest BCUT2D eigenvalue weighted by Crippen LogP contribution is -2.81. The maximum absolute atomic E-state index is 16.3. The van der Waals surface area contributed by atoms with Gasteiger partial charge in [0.1, 0.15) is 11.2 Å². The van der Waals surface area contributed by atoms with Crippen LogP contribution in [0.2, 0.25) is 18.1 Å². The van der Waals surface area contributed by atoms with Gasteiger partial charge in [0, 0.05) is 90.9 Å². The average molecular weight is 1170 g/mol. The Morgan fingerprint density at radius 2 is 1.57 bits per heavy atom. The van der Waals surface area contributed by atoms with Gasteiger partial charge in [-0.05, 0) is 118 Å². The number of para-hydroxylation sites is 1. The highest BCUT2D eigenvalue weighted by molar-refractivity contribution is 7.86. The van der Waals surface area contributed by atoms with Crippen LogP contribution in [-0.2, 0) is 71.1 Å². The molecule has 16 nitrogen and oxygen atoms in total. The van der Waals surface area contributed by atoms with Gasteiger partial charge in [-0.3, -0.25) is 23.6 Å². The first-order valence-corrected chi connectivity index (χ1v) is 33.5. The first kappa shape index (κ1) is 60.3. The van der Waals surface area contributed by atoms with Gasteiger partial charge >= 0.3 is 17.9 Å². The molecule has 0 radical (unpaired) electrons. The van der Waals surface area contributed by atoms with Crippen molar-refractivity contribution >= 4 is 52.9 Å². The molecule has 0 bridgehead atoms. The molecule has 5 aliphatic rings. The summed E-state index contributed by atoms with van der Waals surface area (Å²) >= 11 is 0. The molecule has 1 aromatic heterocycles. The van der Waals surface area contributed by atoms with E-state index in [0.717, 1.165) is 33.2 Å². The molecule has 5 heterocycles. The van der Waals surface area contributed by atoms with E-state index in [1.165, 1.54) is 21.1 Å². The summed E-state index contributed by atoms with van der Waals surface area (Å²) < 4.78 is 67.0. The highest BCUT2D eigenvalue weighted by Crippen LogP contribution is 2.68. The third-order valence-corrected chi connectivity index (χ3v) is 25.8. The third-order valence-electron chi connectivity index (χ3n) is 19.9. The van der Waals surface area contributed by atoms with Crippen molar-refractivity contribution in [3.05, 3.63) is 137 Å². The van der Waals surface area contributed by atoms with E-state index in [-0.39, 0.29) is 29.4 Å². The number of aliphatic hydroxyl groups is 1. The van der Waals surface area contributed by atoms with Crippen LogP contribution >= 0.6 is 0 Å². The van der Waals surface area contributed by atoms with Crippen LogP contribution in [0.4, 0.5) is 5.69 Å². The molecule has 83 heavy (non-hydrogen) atoms. The van der Waals surface area contributed by atoms with Crippen molar-refractivity contribution in [3.63, 3.8) is 0 Å². The Morgan fingerprint density at radius 3 is 2.22 bits per heavy atom. The highest BCUT2D eigenvalue weighted by atomic mass is 32.2. The summed E-state index contributed by atoms with van der Waals surface area (Å²) in [6.07, 6.45) is 4.53. The van der Waals surface area contributed by atoms with Crippen LogP contribution in [0.5, 0.6) is 5.75 Å². The van der Waals surface area contributed by atoms with Crippen LogP contribution in [0.1, 0.15) is 101 Å². The number of hydrogen-bond donors (Lipinski definition) is 2. The summed E-state index contributed by atoms with van der Waals surface area (Å²) in [5.74, 6) is -2.19. The summed E-state index contributed by atoms with van der Waals surface area (Å²) in [6, 6.07) is 27.6. The van der Waals surface area contributed by atoms with Gasteiger partial charge in [-0.1, -0.05) is 106 Å². The minimum Gasteiger partial charge on any atom is -0.496 e. The zero-order chi connectivity index (χ0) is 59.9. The van der Waals surface area contributed by atoms with E-state index >= 15 is 4.79 Å². The van der Waals surface area contributed by atoms with Crippen molar-refractivity contribution in [1.82, 2.24) is 14.8 Å². The van der Waals surface area contributed by atoms with Gasteiger partial charge < -0.3 is 38.4 Å². The van der Waals surface area contributed by atoms with Gasteiger partial charge in [0.2, 0.25) is 5.60 Å². The van der Waals surface area contributed by atoms with Crippen molar-refractivity contribution in [1.29, 1.82) is 0 Å². The molecule has 2 fully saturated rings. The Balaban J connectivity index is 1.24. The number of methoxy groups -OCH3 is 3. The van der Waals surface area contributed by atoms with Gasteiger partial charge in [0.25, 0.3) is 10.1 Å². The zero-order valence-corrected chi connectivity index (χ0v) is 52.4. The van der Waals surface area contributed by atoms with Gasteiger partial charge in [0.15, 0.2) is 14.4 Å². The first-order chi connectivity index (χ1) is 39.2. The molecule has 2 N–H and O–H groups in total. The summed E-state index contributed by atoms with van der Waals surface area (Å²) in [4.78, 5) is 55.1. The quantitative estimate of drug-likeness (QED) is 0.0313. The Morgan fingerprint density at radius 1 is 0.880 bits per heavy atom. The molecule has 446 valence electrons. The molecule has 10 rings (SSSR count). The number of nitrogens with zero attached hydrogens (tertiary/aromatic N) is 3. The Hall–Kier alpha value is -5.86. The second-order valence-corrected chi connectivity index (χ2v) is 32.3. The number of fused-ring (bicyclic) bond motifs is 4. The number of esters is 3. The SMILES string of the molecule is CC[C@]12C=CCN3CC[C@@]4(c5cc([C@]6(C(=O)OC)C[C@H](C[C@@](C)(COS(=O)(=O)c7ccc(C)cc7)O[Si](C)(C)C(C)(C)C)CN(Cc7ccccc7)CCc7c6[nH]c6ccccc76)c(OC)cc5N(C)[C@H]4[C@@](O)(C(=O)OC)[C@@H]1OC(C)=O)[C@@H]32. The standard InChI is InChI=1S/C65H84N4O12SSi/c1-14-62-30-20-32-69-34-31-63(55(62)69)49-35-50(53(76-9)36-52(49)67(8)56(63)65(73,59(72)78-11)57(62)80-43(3)70)64(58(71)77-10)38-45(37-61(7,81-83(12,13)60(4,5)6)41-79-82(74,75)46-27-25-42(2)26-28-46)40-68(39-44-21-16-15-17-22-44)33-29-48-47-23-18-19-24-51(47)66-54(48)64/h15-28,30,35-36,45,55-57,66,73H,14,29,31-34,37-41H2,1-13H3/t45-,55-,56+,57+,61-,62+,63+,64+,65-/m0/s1. The first-order valence-electron chi connectivity index (χ1n) is 29.2. The van der Waals surface area contributed by atoms with E-state index in [0.29, 0.717) is 74.7 Å². The largest absolute Gasteiger partial charge is 0.496 e. The fourth-order valence-corrected chi connectivity index (χ4v) is 18.2. The van der Waals surface area contributed by atoms with Gasteiger partial charge in [0.05, 0.1) is 44.5 Å². The van der Waals surface area contributed by atoms with Crippen molar-refractivity contribution in [2.75, 3.05) is 66.1 Å². The van der Waals surface area contributed by atoms with Crippen LogP contribution in [0, 0.1) is 18.3 Å². The number of aryl methyl sites for hydroxylation is 1. The number of hydrogen-bond acceptors (Lipinski definition) is 15. The molecule has 4 aromatic carbocycles. The molecular formula is C65H84N4O12SSi. The molecule has 1 aliphatic carbocycles. The van der Waals surface area contributed by atoms with E-state index < -0.39 is 87.9 Å².